The van der Waals surface area contributed by atoms with Gasteiger partial charge in [0, 0.05) is 18.8 Å². The van der Waals surface area contributed by atoms with E-state index in [1.54, 1.807) is 24.3 Å². The van der Waals surface area contributed by atoms with Gasteiger partial charge >= 0.3 is 0 Å². The number of carbonyl (C=O) groups excluding carboxylic acids is 2. The number of nitrogens with zero attached hydrogens (tertiary/aromatic N) is 1. The highest BCUT2D eigenvalue weighted by atomic mass is 19.1. The molecule has 160 valence electrons. The minimum Gasteiger partial charge on any atom is -0.457 e. The second-order valence-electron chi connectivity index (χ2n) is 7.49. The van der Waals surface area contributed by atoms with E-state index in [2.05, 4.69) is 11.9 Å². The number of carbonyl (C=O) groups is 2. The van der Waals surface area contributed by atoms with Crippen LogP contribution in [0.1, 0.15) is 26.3 Å². The Hall–Kier alpha value is -3.67. The molecule has 0 spiro atoms. The molecule has 3 rings (SSSR count). The molecule has 0 radical (unpaired) electrons. The second-order valence-corrected chi connectivity index (χ2v) is 7.49. The summed E-state index contributed by atoms with van der Waals surface area (Å²) >= 11 is 0. The predicted octanol–water partition coefficient (Wildman–Crippen LogP) is 4.83. The normalized spacial score (nSPS) is 15.2. The summed E-state index contributed by atoms with van der Waals surface area (Å²) in [6, 6.07) is 12.6. The van der Waals surface area contributed by atoms with Gasteiger partial charge in [-0.15, -0.1) is 0 Å². The summed E-state index contributed by atoms with van der Waals surface area (Å²) < 4.78 is 18.8. The quantitative estimate of drug-likeness (QED) is 0.697. The first-order valence-electron chi connectivity index (χ1n) is 9.86. The number of halogens is 1. The van der Waals surface area contributed by atoms with Crippen LogP contribution in [-0.4, -0.2) is 23.1 Å². The van der Waals surface area contributed by atoms with Crippen molar-refractivity contribution in [3.63, 3.8) is 0 Å². The van der Waals surface area contributed by atoms with Gasteiger partial charge in [-0.25, -0.2) is 4.39 Å². The molecule has 1 N–H and O–H groups in total. The Balaban J connectivity index is 1.93. The van der Waals surface area contributed by atoms with Gasteiger partial charge in [-0.1, -0.05) is 24.8 Å². The van der Waals surface area contributed by atoms with E-state index in [9.17, 15) is 14.0 Å². The molecule has 1 heterocycles. The monoisotopic (exact) mass is 420 g/mol. The summed E-state index contributed by atoms with van der Waals surface area (Å²) in [4.78, 5) is 26.8. The van der Waals surface area contributed by atoms with Crippen LogP contribution in [0.2, 0.25) is 0 Å². The molecule has 6 heteroatoms. The highest BCUT2D eigenvalue weighted by Crippen LogP contribution is 2.31. The van der Waals surface area contributed by atoms with Gasteiger partial charge in [0.15, 0.2) is 5.78 Å². The van der Waals surface area contributed by atoms with Gasteiger partial charge < -0.3 is 15.0 Å². The molecule has 1 aliphatic rings. The van der Waals surface area contributed by atoms with E-state index in [4.69, 9.17) is 4.74 Å². The van der Waals surface area contributed by atoms with E-state index in [1.807, 2.05) is 30.2 Å². The lowest BCUT2D eigenvalue weighted by molar-refractivity contribution is -0.130. The van der Waals surface area contributed by atoms with Crippen molar-refractivity contribution < 1.29 is 18.7 Å². The Bertz CT molecular complexity index is 1060. The van der Waals surface area contributed by atoms with E-state index < -0.39 is 5.54 Å². The van der Waals surface area contributed by atoms with Gasteiger partial charge in [0.25, 0.3) is 0 Å². The summed E-state index contributed by atoms with van der Waals surface area (Å²) in [5.41, 5.74) is 1.08. The van der Waals surface area contributed by atoms with Crippen molar-refractivity contribution in [1.82, 2.24) is 10.2 Å². The second kappa shape index (κ2) is 9.00. The fourth-order valence-corrected chi connectivity index (χ4v) is 3.46. The van der Waals surface area contributed by atoms with Crippen LogP contribution in [0.4, 0.5) is 4.39 Å². The summed E-state index contributed by atoms with van der Waals surface area (Å²) in [5.74, 6) is 0.147. The van der Waals surface area contributed by atoms with Crippen LogP contribution in [0.15, 0.2) is 84.7 Å². The number of ether oxygens (including phenoxy) is 1. The zero-order valence-corrected chi connectivity index (χ0v) is 17.8. The Kier molecular flexibility index (Phi) is 6.39. The lowest BCUT2D eigenvalue weighted by Gasteiger charge is -2.38. The maximum absolute atomic E-state index is 13.1. The highest BCUT2D eigenvalue weighted by Gasteiger charge is 2.40. The number of rotatable bonds is 7. The molecule has 1 amide bonds. The van der Waals surface area contributed by atoms with Crippen molar-refractivity contribution in [2.75, 3.05) is 6.54 Å². The number of Topliss-reactive ketones (excluding diaryl/α,β-unsaturated/α-hetero) is 1. The molecule has 0 aromatic heterocycles. The van der Waals surface area contributed by atoms with E-state index in [-0.39, 0.29) is 24.1 Å². The van der Waals surface area contributed by atoms with Crippen molar-refractivity contribution in [2.24, 2.45) is 0 Å². The third-order valence-electron chi connectivity index (χ3n) is 5.21. The van der Waals surface area contributed by atoms with Crippen LogP contribution in [-0.2, 0) is 15.1 Å². The first-order valence-corrected chi connectivity index (χ1v) is 9.86. The molecule has 1 unspecified atom stereocenters. The van der Waals surface area contributed by atoms with Gasteiger partial charge in [-0.05, 0) is 67.5 Å². The number of allylic oxidation sites excluding steroid dienone is 3. The summed E-state index contributed by atoms with van der Waals surface area (Å²) in [5, 5.41) is 2.86. The minimum atomic E-state index is -1.27. The van der Waals surface area contributed by atoms with Gasteiger partial charge in [0.05, 0.1) is 6.54 Å². The van der Waals surface area contributed by atoms with Gasteiger partial charge in [0.1, 0.15) is 22.9 Å². The molecular formula is C25H25FN2O3. The van der Waals surface area contributed by atoms with E-state index in [1.165, 1.54) is 38.1 Å². The standard InChI is InChI=1S/C25H25FN2O3/c1-17-6-5-15-28(18(17)2)16-25(19(3)29,27-20(4)30)21-7-11-23(12-8-21)31-24-13-9-22(26)10-14-24/h5-15H,2,16H2,1,3-4H3,(H,27,30). The first-order chi connectivity index (χ1) is 14.7. The fourth-order valence-electron chi connectivity index (χ4n) is 3.46. The summed E-state index contributed by atoms with van der Waals surface area (Å²) in [6.45, 7) is 9.07. The van der Waals surface area contributed by atoms with E-state index in [0.717, 1.165) is 11.3 Å². The summed E-state index contributed by atoms with van der Waals surface area (Å²) in [7, 11) is 0. The van der Waals surface area contributed by atoms with Crippen molar-refractivity contribution in [3.8, 4) is 11.5 Å². The van der Waals surface area contributed by atoms with Crippen molar-refractivity contribution in [3.05, 3.63) is 96.1 Å². The van der Waals surface area contributed by atoms with Crippen LogP contribution in [0.5, 0.6) is 11.5 Å². The topological polar surface area (TPSA) is 58.6 Å². The van der Waals surface area contributed by atoms with Crippen molar-refractivity contribution >= 4 is 11.7 Å². The molecule has 1 atom stereocenters. The average molecular weight is 420 g/mol. The molecule has 1 aliphatic heterocycles. The van der Waals surface area contributed by atoms with Crippen molar-refractivity contribution in [2.45, 2.75) is 26.3 Å². The molecule has 2 aromatic rings. The third kappa shape index (κ3) is 4.91. The molecule has 2 aromatic carbocycles. The molecule has 0 bridgehead atoms. The Morgan fingerprint density at radius 3 is 2.19 bits per heavy atom. The molecule has 31 heavy (non-hydrogen) atoms. The Morgan fingerprint density at radius 1 is 1.06 bits per heavy atom. The maximum atomic E-state index is 13.1. The molecule has 0 saturated heterocycles. The third-order valence-corrected chi connectivity index (χ3v) is 5.21. The van der Waals surface area contributed by atoms with Gasteiger partial charge in [-0.3, -0.25) is 9.59 Å². The van der Waals surface area contributed by atoms with Crippen LogP contribution < -0.4 is 10.1 Å². The zero-order valence-electron chi connectivity index (χ0n) is 17.8. The van der Waals surface area contributed by atoms with Crippen LogP contribution in [0.25, 0.3) is 0 Å². The molecular weight excluding hydrogens is 395 g/mol. The lowest BCUT2D eigenvalue weighted by Crippen LogP contribution is -2.56. The lowest BCUT2D eigenvalue weighted by atomic mass is 9.84. The van der Waals surface area contributed by atoms with Gasteiger partial charge in [-0.2, -0.15) is 0 Å². The van der Waals surface area contributed by atoms with Crippen LogP contribution in [0.3, 0.4) is 0 Å². The molecule has 0 aliphatic carbocycles. The predicted molar refractivity (Wildman–Crippen MR) is 118 cm³/mol. The van der Waals surface area contributed by atoms with E-state index in [0.29, 0.717) is 17.1 Å². The summed E-state index contributed by atoms with van der Waals surface area (Å²) in [6.07, 6.45) is 5.65. The Labute approximate surface area is 181 Å². The fraction of sp³-hybridized carbons (Fsp3) is 0.200. The number of hydrogen-bond donors (Lipinski definition) is 1. The van der Waals surface area contributed by atoms with Gasteiger partial charge in [0.2, 0.25) is 5.91 Å². The van der Waals surface area contributed by atoms with Crippen LogP contribution >= 0.6 is 0 Å². The maximum Gasteiger partial charge on any atom is 0.217 e. The van der Waals surface area contributed by atoms with Crippen molar-refractivity contribution in [1.29, 1.82) is 0 Å². The SMILES string of the molecule is C=C1C(C)=CC=CN1CC(NC(C)=O)(C(C)=O)c1ccc(Oc2ccc(F)cc2)cc1. The largest absolute Gasteiger partial charge is 0.457 e. The number of ketones is 1. The average Bonchev–Trinajstić information content (AvgIpc) is 2.72. The molecule has 0 saturated carbocycles. The number of benzene rings is 2. The minimum absolute atomic E-state index is 0.195. The first kappa shape index (κ1) is 22.0. The van der Waals surface area contributed by atoms with E-state index >= 15 is 0 Å². The zero-order chi connectivity index (χ0) is 22.6. The Morgan fingerprint density at radius 2 is 1.65 bits per heavy atom. The number of amides is 1. The highest BCUT2D eigenvalue weighted by molar-refractivity contribution is 5.92. The number of hydrogen-bond acceptors (Lipinski definition) is 4. The molecule has 0 fully saturated rings. The van der Waals surface area contributed by atoms with Crippen LogP contribution in [0, 0.1) is 5.82 Å². The molecule has 5 nitrogen and oxygen atoms in total. The number of nitrogens with one attached hydrogen (secondary N) is 1. The smallest absolute Gasteiger partial charge is 0.217 e.